The number of carbonyl (C=O) groups excluding carboxylic acids is 1. The summed E-state index contributed by atoms with van der Waals surface area (Å²) in [4.78, 5) is 16.8. The summed E-state index contributed by atoms with van der Waals surface area (Å²) in [5.74, 6) is 2.28. The number of carbonyl (C=O) groups is 1. The van der Waals surface area contributed by atoms with Gasteiger partial charge in [-0.1, -0.05) is 0 Å². The van der Waals surface area contributed by atoms with Crippen molar-refractivity contribution in [3.63, 3.8) is 0 Å². The standard InChI is InChI=1S/C30H43N5O3/c1-22-8-9-28(37-22)24-18-26(31-20-23-10-16-34(17-11-23)29(36)38-30(2,3)4)25-21-32-35(27(25)19-24)15-7-14-33-12-5-6-13-33/h8-9,18-19,21,23,31H,5-7,10-17,20H2,1-4H3. The van der Waals surface area contributed by atoms with Crippen molar-refractivity contribution < 1.29 is 13.9 Å². The van der Waals surface area contributed by atoms with Crippen LogP contribution < -0.4 is 5.32 Å². The number of nitrogens with zero attached hydrogens (tertiary/aromatic N) is 4. The summed E-state index contributed by atoms with van der Waals surface area (Å²) in [5.41, 5.74) is 2.83. The Hall–Kier alpha value is -3.00. The van der Waals surface area contributed by atoms with E-state index < -0.39 is 5.60 Å². The molecule has 2 aliphatic rings. The van der Waals surface area contributed by atoms with Crippen LogP contribution in [0.15, 0.2) is 34.9 Å². The van der Waals surface area contributed by atoms with Crippen LogP contribution in [0.4, 0.5) is 10.5 Å². The van der Waals surface area contributed by atoms with E-state index >= 15 is 0 Å². The number of aromatic nitrogens is 2. The van der Waals surface area contributed by atoms with E-state index in [9.17, 15) is 4.79 Å². The maximum atomic E-state index is 12.4. The van der Waals surface area contributed by atoms with Crippen LogP contribution in [0.1, 0.15) is 58.6 Å². The lowest BCUT2D eigenvalue weighted by molar-refractivity contribution is 0.0188. The quantitative estimate of drug-likeness (QED) is 0.383. The molecular formula is C30H43N5O3. The first-order valence-corrected chi connectivity index (χ1v) is 14.3. The molecule has 0 aliphatic carbocycles. The molecule has 1 aromatic carbocycles. The van der Waals surface area contributed by atoms with Gasteiger partial charge in [-0.3, -0.25) is 4.68 Å². The molecule has 3 aromatic rings. The van der Waals surface area contributed by atoms with E-state index in [0.717, 1.165) is 85.7 Å². The smallest absolute Gasteiger partial charge is 0.410 e. The van der Waals surface area contributed by atoms with Crippen molar-refractivity contribution in [1.82, 2.24) is 19.6 Å². The molecule has 206 valence electrons. The maximum absolute atomic E-state index is 12.4. The predicted molar refractivity (Wildman–Crippen MR) is 151 cm³/mol. The molecule has 1 amide bonds. The van der Waals surface area contributed by atoms with Gasteiger partial charge in [-0.05, 0) is 110 Å². The molecule has 5 rings (SSSR count). The van der Waals surface area contributed by atoms with Gasteiger partial charge in [-0.15, -0.1) is 0 Å². The normalized spacial score (nSPS) is 17.4. The highest BCUT2D eigenvalue weighted by Crippen LogP contribution is 2.33. The molecule has 8 nitrogen and oxygen atoms in total. The fraction of sp³-hybridized carbons (Fsp3) is 0.600. The number of piperidine rings is 1. The van der Waals surface area contributed by atoms with Crippen LogP contribution in [-0.4, -0.2) is 70.5 Å². The minimum Gasteiger partial charge on any atom is -0.461 e. The third-order valence-corrected chi connectivity index (χ3v) is 7.68. The molecule has 38 heavy (non-hydrogen) atoms. The van der Waals surface area contributed by atoms with Crippen molar-refractivity contribution in [3.8, 4) is 11.3 Å². The summed E-state index contributed by atoms with van der Waals surface area (Å²) in [7, 11) is 0. The SMILES string of the molecule is Cc1ccc(-c2cc(NCC3CCN(C(=O)OC(C)(C)C)CC3)c3cnn(CCCN4CCCC4)c3c2)o1. The van der Waals surface area contributed by atoms with E-state index in [4.69, 9.17) is 14.3 Å². The van der Waals surface area contributed by atoms with Crippen molar-refractivity contribution in [3.05, 3.63) is 36.2 Å². The monoisotopic (exact) mass is 521 g/mol. The van der Waals surface area contributed by atoms with Crippen molar-refractivity contribution in [2.45, 2.75) is 71.9 Å². The number of ether oxygens (including phenoxy) is 1. The lowest BCUT2D eigenvalue weighted by atomic mass is 9.96. The lowest BCUT2D eigenvalue weighted by Gasteiger charge is -2.33. The van der Waals surface area contributed by atoms with Gasteiger partial charge in [0.2, 0.25) is 0 Å². The van der Waals surface area contributed by atoms with Crippen LogP contribution >= 0.6 is 0 Å². The maximum Gasteiger partial charge on any atom is 0.410 e. The second-order valence-corrected chi connectivity index (χ2v) is 11.9. The molecule has 2 aromatic heterocycles. The number of hydrogen-bond donors (Lipinski definition) is 1. The van der Waals surface area contributed by atoms with Gasteiger partial charge in [-0.2, -0.15) is 5.10 Å². The molecule has 4 heterocycles. The Kier molecular flexibility index (Phi) is 7.98. The molecule has 0 radical (unpaired) electrons. The molecule has 1 N–H and O–H groups in total. The van der Waals surface area contributed by atoms with E-state index in [2.05, 4.69) is 27.0 Å². The number of amides is 1. The molecule has 0 atom stereocenters. The highest BCUT2D eigenvalue weighted by molar-refractivity contribution is 5.95. The van der Waals surface area contributed by atoms with Gasteiger partial charge in [0.05, 0.1) is 11.7 Å². The van der Waals surface area contributed by atoms with Crippen LogP contribution in [0.2, 0.25) is 0 Å². The van der Waals surface area contributed by atoms with Crippen molar-refractivity contribution in [2.24, 2.45) is 5.92 Å². The first-order valence-electron chi connectivity index (χ1n) is 14.3. The van der Waals surface area contributed by atoms with Crippen molar-refractivity contribution in [2.75, 3.05) is 44.6 Å². The summed E-state index contributed by atoms with van der Waals surface area (Å²) in [6.45, 7) is 14.5. The van der Waals surface area contributed by atoms with E-state index in [1.54, 1.807) is 0 Å². The first-order chi connectivity index (χ1) is 18.2. The number of rotatable bonds is 8. The average Bonchev–Trinajstić information content (AvgIpc) is 3.64. The van der Waals surface area contributed by atoms with E-state index in [1.807, 2.05) is 50.9 Å². The van der Waals surface area contributed by atoms with E-state index in [0.29, 0.717) is 5.92 Å². The van der Waals surface area contributed by atoms with Gasteiger partial charge < -0.3 is 24.3 Å². The Morgan fingerprint density at radius 1 is 1.11 bits per heavy atom. The molecule has 0 saturated carbocycles. The fourth-order valence-corrected chi connectivity index (χ4v) is 5.58. The molecule has 0 bridgehead atoms. The first kappa shape index (κ1) is 26.6. The molecule has 0 spiro atoms. The second-order valence-electron chi connectivity index (χ2n) is 11.9. The third kappa shape index (κ3) is 6.52. The molecule has 2 aliphatic heterocycles. The number of anilines is 1. The lowest BCUT2D eigenvalue weighted by Crippen LogP contribution is -2.42. The molecule has 0 unspecified atom stereocenters. The zero-order valence-electron chi connectivity index (χ0n) is 23.5. The summed E-state index contributed by atoms with van der Waals surface area (Å²) in [6.07, 6.45) is 7.46. The number of nitrogens with one attached hydrogen (secondary N) is 1. The van der Waals surface area contributed by atoms with Crippen molar-refractivity contribution in [1.29, 1.82) is 0 Å². The zero-order valence-corrected chi connectivity index (χ0v) is 23.5. The fourth-order valence-electron chi connectivity index (χ4n) is 5.58. The molecule has 2 fully saturated rings. The average molecular weight is 522 g/mol. The number of benzene rings is 1. The van der Waals surface area contributed by atoms with Crippen LogP contribution in [-0.2, 0) is 11.3 Å². The number of fused-ring (bicyclic) bond motifs is 1. The summed E-state index contributed by atoms with van der Waals surface area (Å²) >= 11 is 0. The molecule has 8 heteroatoms. The summed E-state index contributed by atoms with van der Waals surface area (Å²) in [6, 6.07) is 8.45. The van der Waals surface area contributed by atoms with Crippen LogP contribution in [0, 0.1) is 12.8 Å². The minimum atomic E-state index is -0.461. The largest absolute Gasteiger partial charge is 0.461 e. The Morgan fingerprint density at radius 3 is 2.55 bits per heavy atom. The van der Waals surface area contributed by atoms with Crippen LogP contribution in [0.3, 0.4) is 0 Å². The van der Waals surface area contributed by atoms with Gasteiger partial charge >= 0.3 is 6.09 Å². The number of hydrogen-bond acceptors (Lipinski definition) is 6. The van der Waals surface area contributed by atoms with Crippen molar-refractivity contribution >= 4 is 22.7 Å². The van der Waals surface area contributed by atoms with Gasteiger partial charge in [0.1, 0.15) is 17.1 Å². The van der Waals surface area contributed by atoms with E-state index in [1.165, 1.54) is 25.9 Å². The third-order valence-electron chi connectivity index (χ3n) is 7.68. The highest BCUT2D eigenvalue weighted by Gasteiger charge is 2.27. The Balaban J connectivity index is 1.27. The van der Waals surface area contributed by atoms with Gasteiger partial charge in [0, 0.05) is 42.8 Å². The minimum absolute atomic E-state index is 0.204. The summed E-state index contributed by atoms with van der Waals surface area (Å²) in [5, 5.41) is 9.66. The van der Waals surface area contributed by atoms with Gasteiger partial charge in [0.15, 0.2) is 0 Å². The number of aryl methyl sites for hydroxylation is 2. The molecule has 2 saturated heterocycles. The number of likely N-dealkylation sites (tertiary alicyclic amines) is 2. The van der Waals surface area contributed by atoms with E-state index in [-0.39, 0.29) is 6.09 Å². The second kappa shape index (κ2) is 11.4. The topological polar surface area (TPSA) is 75.8 Å². The molecular weight excluding hydrogens is 478 g/mol. The van der Waals surface area contributed by atoms with Crippen LogP contribution in [0.5, 0.6) is 0 Å². The van der Waals surface area contributed by atoms with Gasteiger partial charge in [0.25, 0.3) is 0 Å². The Bertz CT molecular complexity index is 1230. The highest BCUT2D eigenvalue weighted by atomic mass is 16.6. The Labute approximate surface area is 226 Å². The van der Waals surface area contributed by atoms with Gasteiger partial charge in [-0.25, -0.2) is 4.79 Å². The number of furan rings is 1. The Morgan fingerprint density at radius 2 is 1.87 bits per heavy atom. The predicted octanol–water partition coefficient (Wildman–Crippen LogP) is 6.15. The summed E-state index contributed by atoms with van der Waals surface area (Å²) < 4.78 is 13.7. The zero-order chi connectivity index (χ0) is 26.7. The van der Waals surface area contributed by atoms with Crippen LogP contribution in [0.25, 0.3) is 22.2 Å².